The Morgan fingerprint density at radius 2 is 2.04 bits per heavy atom. The van der Waals surface area contributed by atoms with Crippen LogP contribution in [0.1, 0.15) is 23.1 Å². The van der Waals surface area contributed by atoms with Crippen LogP contribution in [0, 0.1) is 6.92 Å². The highest BCUT2D eigenvalue weighted by Gasteiger charge is 2.47. The maximum Gasteiger partial charge on any atom is 0.275 e. The molecule has 1 aromatic rings. The van der Waals surface area contributed by atoms with E-state index in [-0.39, 0.29) is 30.0 Å². The molecule has 3 amide bonds. The predicted octanol–water partition coefficient (Wildman–Crippen LogP) is -0.741. The number of piperazine rings is 2. The lowest BCUT2D eigenvalue weighted by molar-refractivity contribution is -0.160. The largest absolute Gasteiger partial charge is 0.383 e. The number of hydrogen-bond donors (Lipinski definition) is 0. The molecule has 0 N–H and O–H groups in total. The number of nitrogens with zero attached hydrogens (tertiary/aromatic N) is 5. The Hall–Kier alpha value is -2.42. The molecule has 2 atom stereocenters. The average molecular weight is 363 g/mol. The van der Waals surface area contributed by atoms with Crippen LogP contribution in [0.5, 0.6) is 0 Å². The zero-order chi connectivity index (χ0) is 19.0. The van der Waals surface area contributed by atoms with Crippen LogP contribution in [0.25, 0.3) is 0 Å². The van der Waals surface area contributed by atoms with Crippen LogP contribution in [0.3, 0.4) is 0 Å². The van der Waals surface area contributed by atoms with Crippen molar-refractivity contribution < 1.29 is 19.1 Å². The smallest absolute Gasteiger partial charge is 0.275 e. The Kier molecular flexibility index (Phi) is 4.99. The Morgan fingerprint density at radius 1 is 1.31 bits per heavy atom. The minimum absolute atomic E-state index is 0.136. The van der Waals surface area contributed by atoms with Crippen LogP contribution in [0.2, 0.25) is 0 Å². The molecule has 0 spiro atoms. The van der Waals surface area contributed by atoms with E-state index < -0.39 is 12.1 Å². The van der Waals surface area contributed by atoms with E-state index in [1.165, 1.54) is 4.90 Å². The third-order valence-electron chi connectivity index (χ3n) is 5.22. The van der Waals surface area contributed by atoms with Gasteiger partial charge in [-0.25, -0.2) is 0 Å². The summed E-state index contributed by atoms with van der Waals surface area (Å²) in [7, 11) is 3.35. The van der Waals surface area contributed by atoms with Crippen LogP contribution in [0.4, 0.5) is 0 Å². The van der Waals surface area contributed by atoms with E-state index in [0.717, 1.165) is 5.69 Å². The maximum absolute atomic E-state index is 12.9. The highest BCUT2D eigenvalue weighted by Crippen LogP contribution is 2.23. The number of carbonyl (C=O) groups is 3. The first-order valence-corrected chi connectivity index (χ1v) is 8.75. The molecule has 9 heteroatoms. The van der Waals surface area contributed by atoms with Gasteiger partial charge in [-0.1, -0.05) is 0 Å². The van der Waals surface area contributed by atoms with E-state index in [1.807, 2.05) is 6.92 Å². The summed E-state index contributed by atoms with van der Waals surface area (Å²) in [4.78, 5) is 43.2. The minimum Gasteiger partial charge on any atom is -0.383 e. The van der Waals surface area contributed by atoms with E-state index in [2.05, 4.69) is 5.10 Å². The van der Waals surface area contributed by atoms with Crippen molar-refractivity contribution in [3.05, 3.63) is 17.5 Å². The fourth-order valence-electron chi connectivity index (χ4n) is 3.49. The molecular formula is C17H25N5O4. The van der Waals surface area contributed by atoms with Crippen LogP contribution < -0.4 is 0 Å². The molecule has 0 aliphatic carbocycles. The molecule has 0 radical (unpaired) electrons. The van der Waals surface area contributed by atoms with Crippen molar-refractivity contribution in [3.63, 3.8) is 0 Å². The van der Waals surface area contributed by atoms with Crippen LogP contribution in [-0.4, -0.2) is 94.2 Å². The third-order valence-corrected chi connectivity index (χ3v) is 5.22. The van der Waals surface area contributed by atoms with Crippen molar-refractivity contribution in [1.82, 2.24) is 24.5 Å². The van der Waals surface area contributed by atoms with Gasteiger partial charge < -0.3 is 19.4 Å². The average Bonchev–Trinajstić information content (AvgIpc) is 2.96. The van der Waals surface area contributed by atoms with Gasteiger partial charge in [0.2, 0.25) is 11.8 Å². The number of amides is 3. The van der Waals surface area contributed by atoms with Gasteiger partial charge in [0.15, 0.2) is 5.69 Å². The summed E-state index contributed by atoms with van der Waals surface area (Å²) in [5.41, 5.74) is 1.14. The van der Waals surface area contributed by atoms with Gasteiger partial charge in [-0.05, 0) is 19.9 Å². The van der Waals surface area contributed by atoms with Crippen molar-refractivity contribution in [2.45, 2.75) is 25.9 Å². The summed E-state index contributed by atoms with van der Waals surface area (Å²) in [5, 5.41) is 4.21. The first kappa shape index (κ1) is 18.4. The lowest BCUT2D eigenvalue weighted by Crippen LogP contribution is -2.70. The molecule has 142 valence electrons. The van der Waals surface area contributed by atoms with Crippen LogP contribution in [-0.2, 0) is 21.4 Å². The van der Waals surface area contributed by atoms with Gasteiger partial charge in [-0.15, -0.1) is 0 Å². The standard InChI is InChI=1S/C17H25N5O4/c1-11-9-13(18-19(11)3)16(24)22-10-14-17(25)20(7-8-26-4)5-6-21(14)15(23)12(22)2/h9,12,14H,5-8,10H2,1-4H3. The van der Waals surface area contributed by atoms with Gasteiger partial charge in [0.05, 0.1) is 13.2 Å². The first-order chi connectivity index (χ1) is 12.3. The SMILES string of the molecule is COCCN1CCN2C(=O)C(C)N(C(=O)c3cc(C)n(C)n3)CC2C1=O. The molecule has 0 bridgehead atoms. The van der Waals surface area contributed by atoms with E-state index in [0.29, 0.717) is 26.2 Å². The zero-order valence-corrected chi connectivity index (χ0v) is 15.6. The molecule has 0 aromatic carbocycles. The molecule has 3 heterocycles. The minimum atomic E-state index is -0.641. The Balaban J connectivity index is 1.82. The van der Waals surface area contributed by atoms with Gasteiger partial charge in [-0.2, -0.15) is 5.10 Å². The number of rotatable bonds is 4. The first-order valence-electron chi connectivity index (χ1n) is 8.75. The number of ether oxygens (including phenoxy) is 1. The van der Waals surface area contributed by atoms with E-state index >= 15 is 0 Å². The second kappa shape index (κ2) is 7.06. The maximum atomic E-state index is 12.9. The van der Waals surface area contributed by atoms with Gasteiger partial charge >= 0.3 is 0 Å². The quantitative estimate of drug-likeness (QED) is 0.703. The van der Waals surface area contributed by atoms with Crippen LogP contribution >= 0.6 is 0 Å². The lowest BCUT2D eigenvalue weighted by Gasteiger charge is -2.48. The normalized spacial score (nSPS) is 23.5. The zero-order valence-electron chi connectivity index (χ0n) is 15.6. The lowest BCUT2D eigenvalue weighted by atomic mass is 10.0. The topological polar surface area (TPSA) is 88.0 Å². The predicted molar refractivity (Wildman–Crippen MR) is 92.4 cm³/mol. The summed E-state index contributed by atoms with van der Waals surface area (Å²) < 4.78 is 6.67. The van der Waals surface area contributed by atoms with Gasteiger partial charge in [0, 0.05) is 39.5 Å². The molecular weight excluding hydrogens is 338 g/mol. The molecule has 2 aliphatic heterocycles. The van der Waals surface area contributed by atoms with Crippen molar-refractivity contribution >= 4 is 17.7 Å². The van der Waals surface area contributed by atoms with E-state index in [1.54, 1.807) is 41.6 Å². The molecule has 9 nitrogen and oxygen atoms in total. The summed E-state index contributed by atoms with van der Waals surface area (Å²) >= 11 is 0. The molecule has 26 heavy (non-hydrogen) atoms. The van der Waals surface area contributed by atoms with E-state index in [4.69, 9.17) is 4.74 Å². The molecule has 2 aliphatic rings. The molecule has 1 aromatic heterocycles. The van der Waals surface area contributed by atoms with Crippen molar-refractivity contribution in [2.75, 3.05) is 39.9 Å². The Morgan fingerprint density at radius 3 is 2.65 bits per heavy atom. The van der Waals surface area contributed by atoms with Crippen molar-refractivity contribution in [1.29, 1.82) is 0 Å². The fraction of sp³-hybridized carbons (Fsp3) is 0.647. The van der Waals surface area contributed by atoms with Gasteiger partial charge in [0.1, 0.15) is 12.1 Å². The monoisotopic (exact) mass is 363 g/mol. The van der Waals surface area contributed by atoms with Crippen LogP contribution in [0.15, 0.2) is 6.07 Å². The van der Waals surface area contributed by atoms with Crippen molar-refractivity contribution in [3.8, 4) is 0 Å². The molecule has 3 rings (SSSR count). The highest BCUT2D eigenvalue weighted by molar-refractivity contribution is 5.99. The number of aromatic nitrogens is 2. The summed E-state index contributed by atoms with van der Waals surface area (Å²) in [6.07, 6.45) is 0. The molecule has 2 saturated heterocycles. The fourth-order valence-corrected chi connectivity index (χ4v) is 3.49. The Bertz CT molecular complexity index is 711. The number of carbonyl (C=O) groups excluding carboxylic acids is 3. The highest BCUT2D eigenvalue weighted by atomic mass is 16.5. The Labute approximate surface area is 152 Å². The molecule has 2 unspecified atom stereocenters. The third kappa shape index (κ3) is 3.07. The summed E-state index contributed by atoms with van der Waals surface area (Å²) in [5.74, 6) is -0.651. The van der Waals surface area contributed by atoms with Gasteiger partial charge in [-0.3, -0.25) is 19.1 Å². The molecule has 0 saturated carbocycles. The number of methoxy groups -OCH3 is 1. The number of fused-ring (bicyclic) bond motifs is 1. The second-order valence-corrected chi connectivity index (χ2v) is 6.79. The summed E-state index contributed by atoms with van der Waals surface area (Å²) in [6, 6.07) is 0.442. The molecule has 2 fully saturated rings. The number of hydrogen-bond acceptors (Lipinski definition) is 5. The van der Waals surface area contributed by atoms with E-state index in [9.17, 15) is 14.4 Å². The second-order valence-electron chi connectivity index (χ2n) is 6.79. The number of aryl methyl sites for hydroxylation is 2. The van der Waals surface area contributed by atoms with Crippen molar-refractivity contribution in [2.24, 2.45) is 7.05 Å². The summed E-state index contributed by atoms with van der Waals surface area (Å²) in [6.45, 7) is 5.64. The van der Waals surface area contributed by atoms with Gasteiger partial charge in [0.25, 0.3) is 5.91 Å².